The first-order valence-electron chi connectivity index (χ1n) is 9.13. The highest BCUT2D eigenvalue weighted by Crippen LogP contribution is 2.32. The Bertz CT molecular complexity index is 1150. The summed E-state index contributed by atoms with van der Waals surface area (Å²) < 4.78 is 8.20. The molecule has 0 fully saturated rings. The molecular formula is C23H20Cl2N2O. The molecule has 0 saturated carbocycles. The van der Waals surface area contributed by atoms with Gasteiger partial charge in [-0.25, -0.2) is 4.98 Å². The van der Waals surface area contributed by atoms with Gasteiger partial charge in [0.25, 0.3) is 0 Å². The molecule has 0 N–H and O–H groups in total. The van der Waals surface area contributed by atoms with Gasteiger partial charge in [0.15, 0.2) is 0 Å². The van der Waals surface area contributed by atoms with Gasteiger partial charge in [-0.1, -0.05) is 53.0 Å². The van der Waals surface area contributed by atoms with Crippen molar-refractivity contribution in [2.45, 2.75) is 20.4 Å². The van der Waals surface area contributed by atoms with E-state index in [1.807, 2.05) is 36.4 Å². The number of aromatic nitrogens is 2. The normalized spacial score (nSPS) is 11.1. The molecule has 1 aromatic heterocycles. The lowest BCUT2D eigenvalue weighted by atomic mass is 10.1. The summed E-state index contributed by atoms with van der Waals surface area (Å²) in [5, 5.41) is 1.19. The molecule has 0 amide bonds. The van der Waals surface area contributed by atoms with Crippen molar-refractivity contribution >= 4 is 34.2 Å². The Morgan fingerprint density at radius 2 is 1.79 bits per heavy atom. The quantitative estimate of drug-likeness (QED) is 0.365. The molecule has 4 rings (SSSR count). The molecule has 0 saturated heterocycles. The van der Waals surface area contributed by atoms with Gasteiger partial charge in [0.05, 0.1) is 22.6 Å². The number of ether oxygens (including phenoxy) is 1. The molecule has 1 heterocycles. The lowest BCUT2D eigenvalue weighted by Crippen LogP contribution is -2.10. The number of imidazole rings is 1. The minimum Gasteiger partial charge on any atom is -0.491 e. The molecule has 0 spiro atoms. The largest absolute Gasteiger partial charge is 0.491 e. The van der Waals surface area contributed by atoms with E-state index < -0.39 is 0 Å². The number of halogens is 2. The number of benzene rings is 3. The highest BCUT2D eigenvalue weighted by molar-refractivity contribution is 6.36. The molecule has 0 aliphatic rings. The average Bonchev–Trinajstić information content (AvgIpc) is 3.02. The first kappa shape index (κ1) is 18.9. The molecule has 142 valence electrons. The fraction of sp³-hybridized carbons (Fsp3) is 0.174. The predicted octanol–water partition coefficient (Wildman–Crippen LogP) is 6.71. The van der Waals surface area contributed by atoms with Gasteiger partial charge in [-0.2, -0.15) is 0 Å². The molecule has 3 nitrogen and oxygen atoms in total. The average molecular weight is 411 g/mol. The molecule has 0 radical (unpaired) electrons. The maximum absolute atomic E-state index is 6.46. The van der Waals surface area contributed by atoms with Crippen LogP contribution in [0, 0.1) is 13.8 Å². The van der Waals surface area contributed by atoms with Crippen molar-refractivity contribution in [2.75, 3.05) is 6.61 Å². The highest BCUT2D eigenvalue weighted by Gasteiger charge is 2.15. The summed E-state index contributed by atoms with van der Waals surface area (Å²) in [7, 11) is 0. The van der Waals surface area contributed by atoms with Crippen LogP contribution in [0.3, 0.4) is 0 Å². The van der Waals surface area contributed by atoms with Crippen molar-refractivity contribution in [3.05, 3.63) is 81.8 Å². The number of hydrogen-bond acceptors (Lipinski definition) is 2. The van der Waals surface area contributed by atoms with Gasteiger partial charge < -0.3 is 9.30 Å². The van der Waals surface area contributed by atoms with E-state index >= 15 is 0 Å². The smallest absolute Gasteiger partial charge is 0.142 e. The second kappa shape index (κ2) is 7.86. The van der Waals surface area contributed by atoms with Crippen LogP contribution in [-0.4, -0.2) is 16.2 Å². The third-order valence-electron chi connectivity index (χ3n) is 4.73. The van der Waals surface area contributed by atoms with E-state index in [4.69, 9.17) is 32.9 Å². The summed E-state index contributed by atoms with van der Waals surface area (Å²) in [5.41, 5.74) is 5.19. The van der Waals surface area contributed by atoms with Crippen molar-refractivity contribution in [2.24, 2.45) is 0 Å². The Balaban J connectivity index is 1.67. The zero-order valence-electron chi connectivity index (χ0n) is 15.7. The van der Waals surface area contributed by atoms with E-state index in [9.17, 15) is 0 Å². The van der Waals surface area contributed by atoms with Gasteiger partial charge in [0.2, 0.25) is 0 Å². The number of rotatable bonds is 5. The molecule has 0 atom stereocenters. The van der Waals surface area contributed by atoms with E-state index in [-0.39, 0.29) is 0 Å². The van der Waals surface area contributed by atoms with Crippen LogP contribution in [0.4, 0.5) is 0 Å². The number of fused-ring (bicyclic) bond motifs is 1. The first-order chi connectivity index (χ1) is 13.5. The molecule has 0 aliphatic carbocycles. The fourth-order valence-electron chi connectivity index (χ4n) is 3.39. The Morgan fingerprint density at radius 3 is 2.57 bits per heavy atom. The van der Waals surface area contributed by atoms with E-state index in [0.717, 1.165) is 33.7 Å². The lowest BCUT2D eigenvalue weighted by Gasteiger charge is -2.13. The van der Waals surface area contributed by atoms with Gasteiger partial charge in [-0.3, -0.25) is 0 Å². The van der Waals surface area contributed by atoms with Gasteiger partial charge in [0, 0.05) is 10.6 Å². The van der Waals surface area contributed by atoms with Crippen LogP contribution in [0.15, 0.2) is 60.7 Å². The molecule has 5 heteroatoms. The summed E-state index contributed by atoms with van der Waals surface area (Å²) in [6.45, 7) is 5.33. The zero-order valence-corrected chi connectivity index (χ0v) is 17.3. The van der Waals surface area contributed by atoms with Crippen LogP contribution in [0.5, 0.6) is 5.75 Å². The van der Waals surface area contributed by atoms with Crippen LogP contribution >= 0.6 is 23.2 Å². The molecule has 4 aromatic rings. The third-order valence-corrected chi connectivity index (χ3v) is 5.28. The van der Waals surface area contributed by atoms with Gasteiger partial charge >= 0.3 is 0 Å². The van der Waals surface area contributed by atoms with Crippen molar-refractivity contribution in [1.82, 2.24) is 9.55 Å². The number of nitrogens with zero attached hydrogens (tertiary/aromatic N) is 2. The first-order valence-corrected chi connectivity index (χ1v) is 9.89. The molecule has 0 bridgehead atoms. The van der Waals surface area contributed by atoms with Crippen LogP contribution in [-0.2, 0) is 6.54 Å². The Labute approximate surface area is 174 Å². The van der Waals surface area contributed by atoms with E-state index in [1.165, 1.54) is 5.56 Å². The zero-order chi connectivity index (χ0) is 19.7. The predicted molar refractivity (Wildman–Crippen MR) is 117 cm³/mol. The summed E-state index contributed by atoms with van der Waals surface area (Å²) in [5.74, 6) is 1.72. The van der Waals surface area contributed by atoms with Crippen LogP contribution in [0.2, 0.25) is 10.0 Å². The molecular weight excluding hydrogens is 391 g/mol. The van der Waals surface area contributed by atoms with Gasteiger partial charge in [0.1, 0.15) is 18.2 Å². The minimum absolute atomic E-state index is 0.530. The third kappa shape index (κ3) is 3.73. The van der Waals surface area contributed by atoms with Crippen molar-refractivity contribution < 1.29 is 4.74 Å². The molecule has 28 heavy (non-hydrogen) atoms. The SMILES string of the molecule is Cc1ccc(OCCn2c(-c3ccc(Cl)cc3Cl)nc3ccccc32)c(C)c1. The summed E-state index contributed by atoms with van der Waals surface area (Å²) in [6.07, 6.45) is 0. The summed E-state index contributed by atoms with van der Waals surface area (Å²) >= 11 is 12.5. The van der Waals surface area contributed by atoms with Gasteiger partial charge in [-0.15, -0.1) is 0 Å². The van der Waals surface area contributed by atoms with E-state index in [2.05, 4.69) is 36.6 Å². The van der Waals surface area contributed by atoms with E-state index in [0.29, 0.717) is 23.2 Å². The Hall–Kier alpha value is -2.49. The summed E-state index contributed by atoms with van der Waals surface area (Å²) in [6, 6.07) is 19.8. The van der Waals surface area contributed by atoms with E-state index in [1.54, 1.807) is 6.07 Å². The molecule has 0 unspecified atom stereocenters. The number of hydrogen-bond donors (Lipinski definition) is 0. The maximum atomic E-state index is 6.46. The van der Waals surface area contributed by atoms with Crippen molar-refractivity contribution in [3.63, 3.8) is 0 Å². The van der Waals surface area contributed by atoms with Crippen LogP contribution in [0.25, 0.3) is 22.4 Å². The summed E-state index contributed by atoms with van der Waals surface area (Å²) in [4.78, 5) is 4.81. The lowest BCUT2D eigenvalue weighted by molar-refractivity contribution is 0.299. The van der Waals surface area contributed by atoms with Crippen LogP contribution in [0.1, 0.15) is 11.1 Å². The number of para-hydroxylation sites is 2. The Kier molecular flexibility index (Phi) is 5.29. The fourth-order valence-corrected chi connectivity index (χ4v) is 3.88. The number of aryl methyl sites for hydroxylation is 2. The molecule has 0 aliphatic heterocycles. The Morgan fingerprint density at radius 1 is 0.964 bits per heavy atom. The minimum atomic E-state index is 0.530. The standard InChI is InChI=1S/C23H20Cl2N2O/c1-15-7-10-22(16(2)13-15)28-12-11-27-21-6-4-3-5-20(21)26-23(27)18-9-8-17(24)14-19(18)25/h3-10,13-14H,11-12H2,1-2H3. The molecule has 3 aromatic carbocycles. The highest BCUT2D eigenvalue weighted by atomic mass is 35.5. The second-order valence-corrected chi connectivity index (χ2v) is 7.66. The monoisotopic (exact) mass is 410 g/mol. The van der Waals surface area contributed by atoms with Crippen molar-refractivity contribution in [1.29, 1.82) is 0 Å². The van der Waals surface area contributed by atoms with Gasteiger partial charge in [-0.05, 0) is 55.8 Å². The topological polar surface area (TPSA) is 27.1 Å². The van der Waals surface area contributed by atoms with Crippen molar-refractivity contribution in [3.8, 4) is 17.1 Å². The maximum Gasteiger partial charge on any atom is 0.142 e. The van der Waals surface area contributed by atoms with Crippen LogP contribution < -0.4 is 4.74 Å². The second-order valence-electron chi connectivity index (χ2n) is 6.82.